The number of rotatable bonds is 6. The summed E-state index contributed by atoms with van der Waals surface area (Å²) in [6, 6.07) is 11.5. The zero-order valence-corrected chi connectivity index (χ0v) is 15.8. The molecule has 152 valence electrons. The fraction of sp³-hybridized carbons (Fsp3) is 0.333. The lowest BCUT2D eigenvalue weighted by Crippen LogP contribution is -2.11. The summed E-state index contributed by atoms with van der Waals surface area (Å²) in [6.07, 6.45) is -2.66. The first-order valence-corrected chi connectivity index (χ1v) is 8.82. The van der Waals surface area contributed by atoms with E-state index in [1.54, 1.807) is 30.3 Å². The molecule has 0 aliphatic carbocycles. The fourth-order valence-electron chi connectivity index (χ4n) is 2.10. The van der Waals surface area contributed by atoms with E-state index in [2.05, 4.69) is 13.8 Å². The first-order valence-electron chi connectivity index (χ1n) is 8.82. The summed E-state index contributed by atoms with van der Waals surface area (Å²) < 4.78 is 43.6. The molecule has 4 nitrogen and oxygen atoms in total. The highest BCUT2D eigenvalue weighted by Gasteiger charge is 2.31. The Morgan fingerprint density at radius 2 is 1.61 bits per heavy atom. The average molecular weight is 396 g/mol. The Labute approximate surface area is 162 Å². The number of unbranched alkanes of at least 4 members (excludes halogenated alkanes) is 1. The van der Waals surface area contributed by atoms with Crippen LogP contribution >= 0.6 is 0 Å². The second-order valence-electron chi connectivity index (χ2n) is 5.97. The molecule has 0 aliphatic rings. The standard InChI is InChI=1S/C17H13F3O4.C4H10/c18-17(19,20)13-7-6-12(10-24-16(23)9-15(21)22)14(8-13)11-4-2-1-3-5-11;1-3-4-2/h1-8H,9-10H2,(H,21,22);3-4H2,1-2H3. The van der Waals surface area contributed by atoms with Crippen molar-refractivity contribution in [1.29, 1.82) is 0 Å². The van der Waals surface area contributed by atoms with Crippen LogP contribution < -0.4 is 0 Å². The van der Waals surface area contributed by atoms with Crippen LogP contribution in [0.2, 0.25) is 0 Å². The van der Waals surface area contributed by atoms with Gasteiger partial charge in [-0.25, -0.2) is 0 Å². The highest BCUT2D eigenvalue weighted by molar-refractivity contribution is 5.90. The number of hydrogen-bond donors (Lipinski definition) is 1. The molecule has 0 saturated carbocycles. The zero-order chi connectivity index (χ0) is 21.2. The lowest BCUT2D eigenvalue weighted by atomic mass is 9.97. The van der Waals surface area contributed by atoms with Gasteiger partial charge in [-0.1, -0.05) is 63.1 Å². The molecule has 0 aromatic heterocycles. The van der Waals surface area contributed by atoms with Gasteiger partial charge in [0.15, 0.2) is 0 Å². The van der Waals surface area contributed by atoms with Gasteiger partial charge in [0.1, 0.15) is 13.0 Å². The van der Waals surface area contributed by atoms with Crippen molar-refractivity contribution in [3.05, 3.63) is 59.7 Å². The van der Waals surface area contributed by atoms with Gasteiger partial charge in [-0.3, -0.25) is 9.59 Å². The lowest BCUT2D eigenvalue weighted by Gasteiger charge is -2.14. The van der Waals surface area contributed by atoms with Crippen LogP contribution in [-0.2, 0) is 27.1 Å². The van der Waals surface area contributed by atoms with Gasteiger partial charge in [0.2, 0.25) is 0 Å². The summed E-state index contributed by atoms with van der Waals surface area (Å²) in [5.74, 6) is -2.29. The van der Waals surface area contributed by atoms with Crippen LogP contribution in [0.1, 0.15) is 44.2 Å². The Kier molecular flexibility index (Phi) is 9.21. The van der Waals surface area contributed by atoms with Crippen LogP contribution in [0, 0.1) is 0 Å². The van der Waals surface area contributed by atoms with Crippen molar-refractivity contribution in [2.75, 3.05) is 0 Å². The second-order valence-corrected chi connectivity index (χ2v) is 5.97. The van der Waals surface area contributed by atoms with E-state index in [-0.39, 0.29) is 12.2 Å². The maximum Gasteiger partial charge on any atom is 0.416 e. The predicted molar refractivity (Wildman–Crippen MR) is 99.5 cm³/mol. The molecule has 2 aromatic carbocycles. The van der Waals surface area contributed by atoms with Crippen molar-refractivity contribution in [3.63, 3.8) is 0 Å². The van der Waals surface area contributed by atoms with Crippen LogP contribution in [-0.4, -0.2) is 17.0 Å². The summed E-state index contributed by atoms with van der Waals surface area (Å²) in [7, 11) is 0. The maximum atomic E-state index is 12.9. The van der Waals surface area contributed by atoms with Crippen molar-refractivity contribution >= 4 is 11.9 Å². The third kappa shape index (κ3) is 7.82. The molecule has 1 N–H and O–H groups in total. The van der Waals surface area contributed by atoms with E-state index in [1.807, 2.05) is 0 Å². The largest absolute Gasteiger partial charge is 0.481 e. The Morgan fingerprint density at radius 3 is 2.11 bits per heavy atom. The number of benzene rings is 2. The number of alkyl halides is 3. The van der Waals surface area contributed by atoms with Gasteiger partial charge in [0, 0.05) is 0 Å². The summed E-state index contributed by atoms with van der Waals surface area (Å²) >= 11 is 0. The second kappa shape index (κ2) is 11.1. The van der Waals surface area contributed by atoms with Crippen LogP contribution in [0.5, 0.6) is 0 Å². The van der Waals surface area contributed by atoms with Crippen molar-refractivity contribution < 1.29 is 32.6 Å². The zero-order valence-electron chi connectivity index (χ0n) is 15.8. The van der Waals surface area contributed by atoms with Crippen LogP contribution in [0.4, 0.5) is 13.2 Å². The molecule has 7 heteroatoms. The number of aliphatic carboxylic acids is 1. The number of carboxylic acid groups (broad SMARTS) is 1. The number of carbonyl (C=O) groups excluding carboxylic acids is 1. The minimum atomic E-state index is -4.50. The molecule has 28 heavy (non-hydrogen) atoms. The fourth-order valence-corrected chi connectivity index (χ4v) is 2.10. The number of esters is 1. The smallest absolute Gasteiger partial charge is 0.416 e. The number of ether oxygens (including phenoxy) is 1. The summed E-state index contributed by atoms with van der Waals surface area (Å²) in [5.41, 5.74) is 0.344. The van der Waals surface area contributed by atoms with E-state index in [0.29, 0.717) is 11.1 Å². The van der Waals surface area contributed by atoms with E-state index in [4.69, 9.17) is 9.84 Å². The van der Waals surface area contributed by atoms with Crippen LogP contribution in [0.15, 0.2) is 48.5 Å². The summed E-state index contributed by atoms with van der Waals surface area (Å²) in [5, 5.41) is 8.51. The van der Waals surface area contributed by atoms with Gasteiger partial charge in [0.25, 0.3) is 0 Å². The normalized spacial score (nSPS) is 10.6. The summed E-state index contributed by atoms with van der Waals surface area (Å²) in [6.45, 7) is 4.05. The van der Waals surface area contributed by atoms with Crippen molar-refractivity contribution in [3.8, 4) is 11.1 Å². The highest BCUT2D eigenvalue weighted by Crippen LogP contribution is 2.34. The van der Waals surface area contributed by atoms with E-state index < -0.39 is 30.1 Å². The Bertz CT molecular complexity index is 769. The van der Waals surface area contributed by atoms with E-state index in [9.17, 15) is 22.8 Å². The van der Waals surface area contributed by atoms with Crippen molar-refractivity contribution in [1.82, 2.24) is 0 Å². The van der Waals surface area contributed by atoms with Crippen LogP contribution in [0.3, 0.4) is 0 Å². The molecular weight excluding hydrogens is 373 g/mol. The molecule has 0 spiro atoms. The Morgan fingerprint density at radius 1 is 1.00 bits per heavy atom. The van der Waals surface area contributed by atoms with E-state index in [1.165, 1.54) is 18.9 Å². The minimum absolute atomic E-state index is 0.272. The first kappa shape index (κ1) is 23.2. The number of halogens is 3. The topological polar surface area (TPSA) is 63.6 Å². The van der Waals surface area contributed by atoms with E-state index >= 15 is 0 Å². The van der Waals surface area contributed by atoms with Gasteiger partial charge < -0.3 is 9.84 Å². The third-order valence-corrected chi connectivity index (χ3v) is 3.71. The monoisotopic (exact) mass is 396 g/mol. The van der Waals surface area contributed by atoms with Crippen molar-refractivity contribution in [2.24, 2.45) is 0 Å². The molecule has 0 amide bonds. The maximum absolute atomic E-state index is 12.9. The molecule has 2 rings (SSSR count). The van der Waals surface area contributed by atoms with Crippen molar-refractivity contribution in [2.45, 2.75) is 45.9 Å². The Balaban J connectivity index is 0.000000892. The number of carbonyl (C=O) groups is 2. The molecule has 0 heterocycles. The molecular formula is C21H23F3O4. The van der Waals surface area contributed by atoms with Gasteiger partial charge in [-0.05, 0) is 28.8 Å². The van der Waals surface area contributed by atoms with Gasteiger partial charge in [-0.15, -0.1) is 0 Å². The van der Waals surface area contributed by atoms with Gasteiger partial charge in [-0.2, -0.15) is 13.2 Å². The van der Waals surface area contributed by atoms with E-state index in [0.717, 1.165) is 12.1 Å². The molecule has 0 atom stereocenters. The molecule has 0 unspecified atom stereocenters. The number of hydrogen-bond acceptors (Lipinski definition) is 3. The van der Waals surface area contributed by atoms with Gasteiger partial charge in [0.05, 0.1) is 5.56 Å². The minimum Gasteiger partial charge on any atom is -0.481 e. The predicted octanol–water partition coefficient (Wildman–Crippen LogP) is 5.70. The first-order chi connectivity index (χ1) is 13.2. The van der Waals surface area contributed by atoms with Gasteiger partial charge >= 0.3 is 18.1 Å². The summed E-state index contributed by atoms with van der Waals surface area (Å²) in [4.78, 5) is 21.8. The molecule has 0 fully saturated rings. The molecule has 0 saturated heterocycles. The van der Waals surface area contributed by atoms with Crippen LogP contribution in [0.25, 0.3) is 11.1 Å². The SMILES string of the molecule is CCCC.O=C(O)CC(=O)OCc1ccc(C(F)(F)F)cc1-c1ccccc1. The Hall–Kier alpha value is -2.83. The molecule has 0 bridgehead atoms. The molecule has 0 radical (unpaired) electrons. The highest BCUT2D eigenvalue weighted by atomic mass is 19.4. The molecule has 0 aliphatic heterocycles. The molecule has 2 aromatic rings. The number of carboxylic acids is 1. The lowest BCUT2D eigenvalue weighted by molar-refractivity contribution is -0.152. The third-order valence-electron chi connectivity index (χ3n) is 3.71. The quantitative estimate of drug-likeness (QED) is 0.503. The average Bonchev–Trinajstić information content (AvgIpc) is 2.66.